The number of hydrogen-bond donors (Lipinski definition) is 2. The number of nitrogens with zero attached hydrogens (tertiary/aromatic N) is 4. The molecule has 25 heavy (non-hydrogen) atoms. The number of anilines is 2. The van der Waals surface area contributed by atoms with E-state index < -0.39 is 0 Å². The Bertz CT molecular complexity index is 903. The maximum Gasteiger partial charge on any atom is 0.277 e. The lowest BCUT2D eigenvalue weighted by molar-refractivity contribution is 0.102. The van der Waals surface area contributed by atoms with Gasteiger partial charge in [-0.3, -0.25) is 4.79 Å². The zero-order valence-electron chi connectivity index (χ0n) is 14.4. The van der Waals surface area contributed by atoms with Gasteiger partial charge in [-0.15, -0.1) is 0 Å². The predicted octanol–water partition coefficient (Wildman–Crippen LogP) is 3.10. The molecule has 3 aromatic rings. The Balaban J connectivity index is 1.94. The van der Waals surface area contributed by atoms with Crippen LogP contribution in [0.15, 0.2) is 30.6 Å². The molecule has 2 aromatic heterocycles. The van der Waals surface area contributed by atoms with Gasteiger partial charge >= 0.3 is 0 Å². The minimum absolute atomic E-state index is 0.0455. The molecular weight excluding hydrogens is 336 g/mol. The fraction of sp³-hybridized carbons (Fsp3) is 0.294. The van der Waals surface area contributed by atoms with Crippen molar-refractivity contribution < 1.29 is 4.79 Å². The van der Waals surface area contributed by atoms with Gasteiger partial charge in [0, 0.05) is 17.5 Å². The summed E-state index contributed by atoms with van der Waals surface area (Å²) in [6.07, 6.45) is 3.43. The van der Waals surface area contributed by atoms with Crippen molar-refractivity contribution in [2.45, 2.75) is 25.6 Å². The quantitative estimate of drug-likeness (QED) is 0.729. The van der Waals surface area contributed by atoms with Crippen LogP contribution in [0.1, 0.15) is 35.9 Å². The summed E-state index contributed by atoms with van der Waals surface area (Å²) in [5.74, 6) is 0.854. The molecule has 1 amide bonds. The molecular formula is C17H20N6OS. The molecule has 0 radical (unpaired) electrons. The number of carbonyl (C=O) groups is 1. The number of nitrogens with two attached hydrogens (primary N) is 1. The second kappa shape index (κ2) is 7.10. The number of carbonyl (C=O) groups excluding carboxylic acids is 1. The first-order valence-electron chi connectivity index (χ1n) is 7.89. The molecule has 3 rings (SSSR count). The summed E-state index contributed by atoms with van der Waals surface area (Å²) in [6, 6.07) is 7.79. The second-order valence-corrected chi connectivity index (χ2v) is 6.79. The maximum absolute atomic E-state index is 12.7. The van der Waals surface area contributed by atoms with Crippen LogP contribution in [0.5, 0.6) is 0 Å². The molecule has 0 saturated carbocycles. The van der Waals surface area contributed by atoms with Gasteiger partial charge in [-0.2, -0.15) is 16.9 Å². The minimum atomic E-state index is -0.330. The van der Waals surface area contributed by atoms with Crippen LogP contribution in [-0.2, 0) is 5.75 Å². The molecule has 0 saturated heterocycles. The van der Waals surface area contributed by atoms with Crippen molar-refractivity contribution in [1.29, 1.82) is 0 Å². The monoisotopic (exact) mass is 356 g/mol. The Kier molecular flexibility index (Phi) is 4.89. The number of nitrogens with one attached hydrogen (secondary N) is 1. The third kappa shape index (κ3) is 3.43. The largest absolute Gasteiger partial charge is 0.383 e. The van der Waals surface area contributed by atoms with Crippen LogP contribution in [-0.4, -0.2) is 31.9 Å². The minimum Gasteiger partial charge on any atom is -0.383 e. The fourth-order valence-electron chi connectivity index (χ4n) is 2.56. The van der Waals surface area contributed by atoms with Gasteiger partial charge in [-0.05, 0) is 37.8 Å². The van der Waals surface area contributed by atoms with Crippen LogP contribution in [0.2, 0.25) is 0 Å². The molecule has 8 heteroatoms. The van der Waals surface area contributed by atoms with E-state index in [-0.39, 0.29) is 23.5 Å². The van der Waals surface area contributed by atoms with Crippen molar-refractivity contribution in [3.05, 3.63) is 41.9 Å². The molecule has 0 unspecified atom stereocenters. The van der Waals surface area contributed by atoms with E-state index in [4.69, 9.17) is 5.73 Å². The van der Waals surface area contributed by atoms with Crippen LogP contribution < -0.4 is 11.1 Å². The molecule has 0 bridgehead atoms. The summed E-state index contributed by atoms with van der Waals surface area (Å²) in [5, 5.41) is 7.76. The third-order valence-electron chi connectivity index (χ3n) is 3.75. The van der Waals surface area contributed by atoms with E-state index in [0.717, 1.165) is 5.75 Å². The van der Waals surface area contributed by atoms with Gasteiger partial charge in [-0.25, -0.2) is 14.6 Å². The summed E-state index contributed by atoms with van der Waals surface area (Å²) in [5.41, 5.74) is 8.67. The number of fused-ring (bicyclic) bond motifs is 1. The Morgan fingerprint density at radius 2 is 2.00 bits per heavy atom. The van der Waals surface area contributed by atoms with E-state index in [0.29, 0.717) is 16.7 Å². The predicted molar refractivity (Wildman–Crippen MR) is 102 cm³/mol. The summed E-state index contributed by atoms with van der Waals surface area (Å²) in [6.45, 7) is 3.94. The molecule has 0 aliphatic heterocycles. The van der Waals surface area contributed by atoms with Crippen LogP contribution in [0, 0.1) is 0 Å². The maximum atomic E-state index is 12.7. The van der Waals surface area contributed by atoms with Crippen LogP contribution in [0.4, 0.5) is 11.5 Å². The highest BCUT2D eigenvalue weighted by Gasteiger charge is 2.22. The highest BCUT2D eigenvalue weighted by molar-refractivity contribution is 7.97. The number of aromatic nitrogens is 4. The average Bonchev–Trinajstić information content (AvgIpc) is 2.98. The summed E-state index contributed by atoms with van der Waals surface area (Å²) < 4.78 is 1.68. The SMILES string of the molecule is CSCc1ccc(NC(=O)c2nn(C(C)C)c3ncnc(N)c23)cc1. The van der Waals surface area contributed by atoms with Crippen molar-refractivity contribution in [3.8, 4) is 0 Å². The van der Waals surface area contributed by atoms with Gasteiger partial charge in [-0.1, -0.05) is 12.1 Å². The Morgan fingerprint density at radius 3 is 2.64 bits per heavy atom. The van der Waals surface area contributed by atoms with Crippen LogP contribution in [0.3, 0.4) is 0 Å². The van der Waals surface area contributed by atoms with E-state index in [2.05, 4.69) is 26.6 Å². The van der Waals surface area contributed by atoms with Crippen LogP contribution >= 0.6 is 11.8 Å². The van der Waals surface area contributed by atoms with E-state index in [1.807, 2.05) is 38.1 Å². The van der Waals surface area contributed by atoms with Crippen molar-refractivity contribution in [2.75, 3.05) is 17.3 Å². The molecule has 1 aromatic carbocycles. The number of amides is 1. The fourth-order valence-corrected chi connectivity index (χ4v) is 3.08. The lowest BCUT2D eigenvalue weighted by Crippen LogP contribution is -2.14. The van der Waals surface area contributed by atoms with Crippen LogP contribution in [0.25, 0.3) is 11.0 Å². The first-order valence-corrected chi connectivity index (χ1v) is 9.28. The lowest BCUT2D eigenvalue weighted by Gasteiger charge is -2.06. The number of thioether (sulfide) groups is 1. The van der Waals surface area contributed by atoms with Crippen molar-refractivity contribution in [3.63, 3.8) is 0 Å². The molecule has 3 N–H and O–H groups in total. The molecule has 0 spiro atoms. The van der Waals surface area contributed by atoms with Gasteiger partial charge in [0.05, 0.1) is 5.39 Å². The smallest absolute Gasteiger partial charge is 0.277 e. The van der Waals surface area contributed by atoms with Crippen molar-refractivity contribution >= 4 is 40.2 Å². The van der Waals surface area contributed by atoms with Gasteiger partial charge < -0.3 is 11.1 Å². The molecule has 0 fully saturated rings. The van der Waals surface area contributed by atoms with E-state index >= 15 is 0 Å². The third-order valence-corrected chi connectivity index (χ3v) is 4.37. The van der Waals surface area contributed by atoms with E-state index in [9.17, 15) is 4.79 Å². The van der Waals surface area contributed by atoms with Gasteiger partial charge in [0.15, 0.2) is 11.3 Å². The Labute approximate surface area is 150 Å². The zero-order chi connectivity index (χ0) is 18.0. The average molecular weight is 356 g/mol. The topological polar surface area (TPSA) is 98.7 Å². The van der Waals surface area contributed by atoms with E-state index in [1.165, 1.54) is 11.9 Å². The number of hydrogen-bond acceptors (Lipinski definition) is 6. The number of benzene rings is 1. The molecule has 0 aliphatic carbocycles. The standard InChI is InChI=1S/C17H20N6OS/c1-10(2)23-16-13(15(18)19-9-20-16)14(22-23)17(24)21-12-6-4-11(5-7-12)8-25-3/h4-7,9-10H,8H2,1-3H3,(H,21,24)(H2,18,19,20). The number of nitrogen functional groups attached to an aromatic ring is 1. The molecule has 0 aliphatic rings. The van der Waals surface area contributed by atoms with E-state index in [1.54, 1.807) is 16.4 Å². The molecule has 7 nitrogen and oxygen atoms in total. The summed E-state index contributed by atoms with van der Waals surface area (Å²) in [7, 11) is 0. The van der Waals surface area contributed by atoms with Crippen molar-refractivity contribution in [2.24, 2.45) is 0 Å². The Morgan fingerprint density at radius 1 is 1.28 bits per heavy atom. The lowest BCUT2D eigenvalue weighted by atomic mass is 10.2. The first-order chi connectivity index (χ1) is 12.0. The summed E-state index contributed by atoms with van der Waals surface area (Å²) >= 11 is 1.75. The summed E-state index contributed by atoms with van der Waals surface area (Å²) in [4.78, 5) is 21.0. The first kappa shape index (κ1) is 17.2. The molecule has 2 heterocycles. The zero-order valence-corrected chi connectivity index (χ0v) is 15.2. The van der Waals surface area contributed by atoms with Gasteiger partial charge in [0.25, 0.3) is 5.91 Å². The highest BCUT2D eigenvalue weighted by Crippen LogP contribution is 2.24. The molecule has 0 atom stereocenters. The number of rotatable bonds is 5. The second-order valence-electron chi connectivity index (χ2n) is 5.93. The van der Waals surface area contributed by atoms with Gasteiger partial charge in [0.1, 0.15) is 12.1 Å². The van der Waals surface area contributed by atoms with Crippen molar-refractivity contribution in [1.82, 2.24) is 19.7 Å². The Hall–Kier alpha value is -2.61. The normalized spacial score (nSPS) is 11.2. The highest BCUT2D eigenvalue weighted by atomic mass is 32.2. The van der Waals surface area contributed by atoms with Gasteiger partial charge in [0.2, 0.25) is 0 Å². The molecule has 130 valence electrons.